The minimum atomic E-state index is -0.486. The maximum absolute atomic E-state index is 13.0. The van der Waals surface area contributed by atoms with E-state index in [0.29, 0.717) is 49.7 Å². The van der Waals surface area contributed by atoms with Gasteiger partial charge in [-0.2, -0.15) is 0 Å². The molecule has 2 amide bonds. The van der Waals surface area contributed by atoms with Crippen LogP contribution in [0.5, 0.6) is 0 Å². The Hall–Kier alpha value is -2.39. The molecule has 1 aromatic heterocycles. The van der Waals surface area contributed by atoms with Crippen molar-refractivity contribution in [2.75, 3.05) is 59.1 Å². The lowest BCUT2D eigenvalue weighted by atomic mass is 10.1. The average Bonchev–Trinajstić information content (AvgIpc) is 3.00. The second-order valence-electron chi connectivity index (χ2n) is 6.98. The van der Waals surface area contributed by atoms with Gasteiger partial charge in [0, 0.05) is 44.0 Å². The molecule has 0 radical (unpaired) electrons. The Balaban J connectivity index is 2.11. The van der Waals surface area contributed by atoms with Crippen molar-refractivity contribution in [3.63, 3.8) is 0 Å². The summed E-state index contributed by atoms with van der Waals surface area (Å²) >= 11 is 0. The number of morpholine rings is 1. The molecule has 1 aliphatic rings. The highest BCUT2D eigenvalue weighted by molar-refractivity contribution is 6.04. The molecule has 0 aromatic carbocycles. The first-order valence-corrected chi connectivity index (χ1v) is 10.1. The summed E-state index contributed by atoms with van der Waals surface area (Å²) in [6.07, 6.45) is 0. The van der Waals surface area contributed by atoms with Crippen LogP contribution in [0.4, 0.5) is 4.79 Å². The molecule has 9 heteroatoms. The van der Waals surface area contributed by atoms with Crippen LogP contribution in [-0.2, 0) is 9.47 Å². The number of amides is 2. The number of Topliss-reactive ketones (excluding diaryl/α,β-unsaturated/α-hetero) is 1. The van der Waals surface area contributed by atoms with Crippen molar-refractivity contribution in [2.24, 2.45) is 0 Å². The monoisotopic (exact) mass is 408 g/mol. The summed E-state index contributed by atoms with van der Waals surface area (Å²) in [5.74, 6) is -0.694. The summed E-state index contributed by atoms with van der Waals surface area (Å²) in [4.78, 5) is 44.3. The molecule has 0 aliphatic carbocycles. The third-order valence-corrected chi connectivity index (χ3v) is 4.94. The van der Waals surface area contributed by atoms with Crippen LogP contribution < -0.4 is 5.32 Å². The molecular weight excluding hydrogens is 376 g/mol. The van der Waals surface area contributed by atoms with Crippen molar-refractivity contribution in [1.82, 2.24) is 20.1 Å². The zero-order valence-corrected chi connectivity index (χ0v) is 17.8. The number of nitrogens with one attached hydrogen (secondary N) is 2. The number of ether oxygens (including phenoxy) is 2. The van der Waals surface area contributed by atoms with E-state index in [4.69, 9.17) is 9.47 Å². The summed E-state index contributed by atoms with van der Waals surface area (Å²) in [5.41, 5.74) is 1.87. The Bertz CT molecular complexity index is 725. The van der Waals surface area contributed by atoms with E-state index < -0.39 is 5.97 Å². The number of nitrogens with zero attached hydrogens (tertiary/aromatic N) is 2. The molecule has 29 heavy (non-hydrogen) atoms. The molecule has 1 aromatic rings. The Morgan fingerprint density at radius 3 is 2.52 bits per heavy atom. The molecule has 162 valence electrons. The number of rotatable bonds is 9. The summed E-state index contributed by atoms with van der Waals surface area (Å²) in [6.45, 7) is 11.8. The zero-order valence-electron chi connectivity index (χ0n) is 17.8. The Labute approximate surface area is 171 Å². The highest BCUT2D eigenvalue weighted by Crippen LogP contribution is 2.20. The second kappa shape index (κ2) is 11.0. The Morgan fingerprint density at radius 2 is 1.90 bits per heavy atom. The van der Waals surface area contributed by atoms with Crippen LogP contribution in [0.1, 0.15) is 46.0 Å². The fourth-order valence-corrected chi connectivity index (χ4v) is 3.43. The molecule has 2 heterocycles. The zero-order chi connectivity index (χ0) is 21.4. The van der Waals surface area contributed by atoms with Crippen molar-refractivity contribution in [1.29, 1.82) is 0 Å². The number of carbonyl (C=O) groups excluding carboxylic acids is 3. The van der Waals surface area contributed by atoms with Crippen molar-refractivity contribution in [2.45, 2.75) is 27.7 Å². The minimum absolute atomic E-state index is 0.0576. The van der Waals surface area contributed by atoms with Gasteiger partial charge >= 0.3 is 12.0 Å². The molecule has 2 rings (SSSR count). The molecule has 9 nitrogen and oxygen atoms in total. The van der Waals surface area contributed by atoms with Gasteiger partial charge in [0.1, 0.15) is 5.69 Å². The molecule has 1 aliphatic heterocycles. The van der Waals surface area contributed by atoms with Gasteiger partial charge in [0.2, 0.25) is 0 Å². The van der Waals surface area contributed by atoms with Crippen LogP contribution >= 0.6 is 0 Å². The molecule has 2 N–H and O–H groups in total. The number of carbonyl (C=O) groups is 3. The van der Waals surface area contributed by atoms with Crippen LogP contribution in [0, 0.1) is 13.8 Å². The predicted octanol–water partition coefficient (Wildman–Crippen LogP) is 1.35. The van der Waals surface area contributed by atoms with Gasteiger partial charge in [-0.05, 0) is 33.3 Å². The number of ketones is 1. The van der Waals surface area contributed by atoms with E-state index in [2.05, 4.69) is 15.2 Å². The first-order chi connectivity index (χ1) is 13.9. The van der Waals surface area contributed by atoms with Crippen LogP contribution in [0.3, 0.4) is 0 Å². The fourth-order valence-electron chi connectivity index (χ4n) is 3.43. The van der Waals surface area contributed by atoms with E-state index in [-0.39, 0.29) is 30.7 Å². The van der Waals surface area contributed by atoms with Gasteiger partial charge in [0.25, 0.3) is 0 Å². The van der Waals surface area contributed by atoms with Gasteiger partial charge in [-0.15, -0.1) is 0 Å². The highest BCUT2D eigenvalue weighted by Gasteiger charge is 2.26. The fraction of sp³-hybridized carbons (Fsp3) is 0.650. The maximum atomic E-state index is 13.0. The smallest absolute Gasteiger partial charge is 0.355 e. The minimum Gasteiger partial charge on any atom is -0.461 e. The molecule has 0 atom stereocenters. The van der Waals surface area contributed by atoms with Crippen molar-refractivity contribution in [3.8, 4) is 0 Å². The summed E-state index contributed by atoms with van der Waals surface area (Å²) < 4.78 is 10.4. The van der Waals surface area contributed by atoms with Gasteiger partial charge < -0.3 is 24.7 Å². The first-order valence-electron chi connectivity index (χ1n) is 10.1. The Morgan fingerprint density at radius 1 is 1.21 bits per heavy atom. The van der Waals surface area contributed by atoms with Gasteiger partial charge in [-0.3, -0.25) is 9.69 Å². The van der Waals surface area contributed by atoms with E-state index in [1.165, 1.54) is 4.90 Å². The third kappa shape index (κ3) is 6.04. The quantitative estimate of drug-likeness (QED) is 0.472. The van der Waals surface area contributed by atoms with Crippen molar-refractivity contribution < 1.29 is 23.9 Å². The van der Waals surface area contributed by atoms with E-state index >= 15 is 0 Å². The number of hydrogen-bond acceptors (Lipinski definition) is 6. The van der Waals surface area contributed by atoms with E-state index in [1.54, 1.807) is 20.8 Å². The standard InChI is InChI=1S/C20H32N4O5/c1-5-21-20(27)24(8-7-23-9-11-28-12-10-23)13-16(25)17-14(3)18(22-15(17)4)19(26)29-6-2/h22H,5-13H2,1-4H3,(H,21,27). The molecule has 0 bridgehead atoms. The van der Waals surface area contributed by atoms with Gasteiger partial charge in [-0.25, -0.2) is 9.59 Å². The lowest BCUT2D eigenvalue weighted by molar-refractivity contribution is 0.0348. The number of aryl methyl sites for hydroxylation is 1. The second-order valence-corrected chi connectivity index (χ2v) is 6.98. The molecule has 1 saturated heterocycles. The number of hydrogen-bond donors (Lipinski definition) is 2. The van der Waals surface area contributed by atoms with Crippen molar-refractivity contribution in [3.05, 3.63) is 22.5 Å². The normalized spacial score (nSPS) is 14.5. The predicted molar refractivity (Wildman–Crippen MR) is 108 cm³/mol. The van der Waals surface area contributed by atoms with Crippen LogP contribution in [-0.4, -0.2) is 91.7 Å². The lowest BCUT2D eigenvalue weighted by Crippen LogP contribution is -2.47. The topological polar surface area (TPSA) is 104 Å². The summed E-state index contributed by atoms with van der Waals surface area (Å²) in [5, 5.41) is 2.77. The van der Waals surface area contributed by atoms with Gasteiger partial charge in [-0.1, -0.05) is 0 Å². The van der Waals surface area contributed by atoms with Crippen LogP contribution in [0.25, 0.3) is 0 Å². The Kier molecular flexibility index (Phi) is 8.66. The summed E-state index contributed by atoms with van der Waals surface area (Å²) in [6, 6.07) is -0.273. The molecule has 0 saturated carbocycles. The van der Waals surface area contributed by atoms with Gasteiger partial charge in [0.05, 0.1) is 26.4 Å². The SMILES string of the molecule is CCNC(=O)N(CCN1CCOCC1)CC(=O)c1c(C)[nH]c(C(=O)OCC)c1C. The number of aromatic nitrogens is 1. The van der Waals surface area contributed by atoms with Crippen molar-refractivity contribution >= 4 is 17.8 Å². The molecular formula is C20H32N4O5. The molecule has 1 fully saturated rings. The lowest BCUT2D eigenvalue weighted by Gasteiger charge is -2.30. The van der Waals surface area contributed by atoms with E-state index in [9.17, 15) is 14.4 Å². The number of aromatic amines is 1. The maximum Gasteiger partial charge on any atom is 0.355 e. The number of esters is 1. The third-order valence-electron chi connectivity index (χ3n) is 4.94. The average molecular weight is 408 g/mol. The number of urea groups is 1. The molecule has 0 unspecified atom stereocenters. The van der Waals surface area contributed by atoms with Crippen LogP contribution in [0.15, 0.2) is 0 Å². The number of H-pyrrole nitrogens is 1. The molecule has 0 spiro atoms. The summed E-state index contributed by atoms with van der Waals surface area (Å²) in [7, 11) is 0. The van der Waals surface area contributed by atoms with Crippen LogP contribution in [0.2, 0.25) is 0 Å². The van der Waals surface area contributed by atoms with E-state index in [1.807, 2.05) is 6.92 Å². The van der Waals surface area contributed by atoms with Gasteiger partial charge in [0.15, 0.2) is 5.78 Å². The van der Waals surface area contributed by atoms with E-state index in [0.717, 1.165) is 13.1 Å². The highest BCUT2D eigenvalue weighted by atomic mass is 16.5. The first kappa shape index (κ1) is 22.9. The largest absolute Gasteiger partial charge is 0.461 e.